The number of hydrogen-bond acceptors (Lipinski definition) is 8. The number of carbonyl (C=O) groups excluding carboxylic acids is 1. The van der Waals surface area contributed by atoms with Gasteiger partial charge in [0, 0.05) is 6.42 Å². The lowest BCUT2D eigenvalue weighted by Crippen LogP contribution is -2.60. The minimum atomic E-state index is -1.55. The molecule has 356 valence electrons. The van der Waals surface area contributed by atoms with Gasteiger partial charge in [0.25, 0.3) is 0 Å². The molecule has 0 aromatic heterocycles. The summed E-state index contributed by atoms with van der Waals surface area (Å²) in [6, 6.07) is -0.720. The Balaban J connectivity index is 2.23. The van der Waals surface area contributed by atoms with Crippen molar-refractivity contribution in [3.63, 3.8) is 0 Å². The van der Waals surface area contributed by atoms with E-state index in [0.717, 1.165) is 64.2 Å². The van der Waals surface area contributed by atoms with Gasteiger partial charge in [-0.3, -0.25) is 4.79 Å². The van der Waals surface area contributed by atoms with Crippen molar-refractivity contribution >= 4 is 5.91 Å². The van der Waals surface area contributed by atoms with Gasteiger partial charge in [-0.05, 0) is 51.4 Å². The molecule has 1 aliphatic heterocycles. The first kappa shape index (κ1) is 57.2. The van der Waals surface area contributed by atoms with Crippen LogP contribution in [0.3, 0.4) is 0 Å². The van der Waals surface area contributed by atoms with E-state index >= 15 is 0 Å². The van der Waals surface area contributed by atoms with E-state index in [9.17, 15) is 30.3 Å². The molecule has 0 aliphatic carbocycles. The third kappa shape index (κ3) is 32.5. The smallest absolute Gasteiger partial charge is 0.220 e. The molecule has 1 aliphatic rings. The molecule has 1 saturated heterocycles. The standard InChI is InChI=1S/C52H95NO8/c1-3-5-7-9-11-13-15-17-18-19-20-21-22-23-24-25-26-27-28-30-32-34-36-38-40-42-48(56)53-45(44-60-52-51(59)50(58)49(57)47(43-54)61-52)46(55)41-39-37-35-33-31-29-16-14-12-10-8-6-4-2/h5,7,11,13,17-18,20-21,45-47,49-52,54-55,57-59H,3-4,6,8-10,12,14-16,19,22-44H2,1-2H3,(H,53,56)/b7-5-,13-11-,18-17-,21-20-. The lowest BCUT2D eigenvalue weighted by atomic mass is 9.99. The number of hydrogen-bond donors (Lipinski definition) is 6. The minimum absolute atomic E-state index is 0.139. The quantitative estimate of drug-likeness (QED) is 0.0262. The highest BCUT2D eigenvalue weighted by atomic mass is 16.7. The topological polar surface area (TPSA) is 149 Å². The number of aliphatic hydroxyl groups excluding tert-OH is 5. The van der Waals surface area contributed by atoms with E-state index in [2.05, 4.69) is 67.8 Å². The van der Waals surface area contributed by atoms with Gasteiger partial charge in [0.15, 0.2) is 6.29 Å². The highest BCUT2D eigenvalue weighted by Crippen LogP contribution is 2.23. The fraction of sp³-hybridized carbons (Fsp3) is 0.827. The maximum Gasteiger partial charge on any atom is 0.220 e. The molecule has 1 amide bonds. The zero-order valence-corrected chi connectivity index (χ0v) is 39.2. The predicted octanol–water partition coefficient (Wildman–Crippen LogP) is 11.4. The Labute approximate surface area is 373 Å². The molecule has 0 spiro atoms. The van der Waals surface area contributed by atoms with Gasteiger partial charge < -0.3 is 40.3 Å². The monoisotopic (exact) mass is 862 g/mol. The molecule has 0 saturated carbocycles. The molecule has 61 heavy (non-hydrogen) atoms. The van der Waals surface area contributed by atoms with Crippen LogP contribution in [-0.4, -0.2) is 87.5 Å². The highest BCUT2D eigenvalue weighted by molar-refractivity contribution is 5.76. The van der Waals surface area contributed by atoms with Crippen LogP contribution in [0.2, 0.25) is 0 Å². The summed E-state index contributed by atoms with van der Waals surface area (Å²) in [5.41, 5.74) is 0. The number of carbonyl (C=O) groups is 1. The van der Waals surface area contributed by atoms with Crippen molar-refractivity contribution in [3.05, 3.63) is 48.6 Å². The Hall–Kier alpha value is -1.85. The lowest BCUT2D eigenvalue weighted by Gasteiger charge is -2.40. The number of unbranched alkanes of at least 4 members (excludes halogenated alkanes) is 24. The minimum Gasteiger partial charge on any atom is -0.394 e. The van der Waals surface area contributed by atoms with Gasteiger partial charge >= 0.3 is 0 Å². The van der Waals surface area contributed by atoms with Crippen LogP contribution in [0.25, 0.3) is 0 Å². The van der Waals surface area contributed by atoms with Gasteiger partial charge in [0.2, 0.25) is 5.91 Å². The normalized spacial score (nSPS) is 20.8. The van der Waals surface area contributed by atoms with E-state index in [1.165, 1.54) is 128 Å². The first-order valence-electron chi connectivity index (χ1n) is 25.3. The number of amides is 1. The van der Waals surface area contributed by atoms with Crippen LogP contribution >= 0.6 is 0 Å². The van der Waals surface area contributed by atoms with Crippen molar-refractivity contribution < 1.29 is 39.8 Å². The molecule has 1 rings (SSSR count). The zero-order chi connectivity index (χ0) is 44.4. The lowest BCUT2D eigenvalue weighted by molar-refractivity contribution is -0.302. The summed E-state index contributed by atoms with van der Waals surface area (Å²) in [6.45, 7) is 3.72. The van der Waals surface area contributed by atoms with E-state index in [0.29, 0.717) is 12.8 Å². The second-order valence-corrected chi connectivity index (χ2v) is 17.6. The Morgan fingerprint density at radius 2 is 1.02 bits per heavy atom. The molecule has 9 heteroatoms. The van der Waals surface area contributed by atoms with E-state index in [4.69, 9.17) is 9.47 Å². The van der Waals surface area contributed by atoms with Gasteiger partial charge in [-0.2, -0.15) is 0 Å². The van der Waals surface area contributed by atoms with Crippen LogP contribution in [0.15, 0.2) is 48.6 Å². The number of allylic oxidation sites excluding steroid dienone is 8. The SMILES string of the molecule is CC/C=C\C/C=C\C/C=C\C/C=C\CCCCCCCCCCCCCCC(=O)NC(COC1OC(CO)C(O)C(O)C1O)C(O)CCCCCCCCCCCCCCC. The van der Waals surface area contributed by atoms with Gasteiger partial charge in [0.05, 0.1) is 25.4 Å². The van der Waals surface area contributed by atoms with Gasteiger partial charge in [0.1, 0.15) is 24.4 Å². The van der Waals surface area contributed by atoms with E-state index in [-0.39, 0.29) is 12.5 Å². The Morgan fingerprint density at radius 3 is 1.51 bits per heavy atom. The van der Waals surface area contributed by atoms with Crippen LogP contribution in [-0.2, 0) is 14.3 Å². The first-order valence-corrected chi connectivity index (χ1v) is 25.3. The van der Waals surface area contributed by atoms with E-state index in [1.807, 2.05) is 0 Å². The Bertz CT molecular complexity index is 1090. The van der Waals surface area contributed by atoms with Crippen molar-refractivity contribution in [2.75, 3.05) is 13.2 Å². The molecule has 0 aromatic carbocycles. The molecule has 7 atom stereocenters. The number of nitrogens with one attached hydrogen (secondary N) is 1. The summed E-state index contributed by atoms with van der Waals surface area (Å²) in [5, 5.41) is 54.4. The molecular weight excluding hydrogens is 767 g/mol. The maximum absolute atomic E-state index is 13.0. The van der Waals surface area contributed by atoms with Crippen LogP contribution in [0.1, 0.15) is 219 Å². The van der Waals surface area contributed by atoms with Crippen LogP contribution in [0.5, 0.6) is 0 Å². The van der Waals surface area contributed by atoms with Crippen molar-refractivity contribution in [2.24, 2.45) is 0 Å². The van der Waals surface area contributed by atoms with Crippen molar-refractivity contribution in [2.45, 2.75) is 262 Å². The van der Waals surface area contributed by atoms with Crippen molar-refractivity contribution in [1.29, 1.82) is 0 Å². The third-order valence-corrected chi connectivity index (χ3v) is 11.9. The molecule has 7 unspecified atom stereocenters. The van der Waals surface area contributed by atoms with Crippen LogP contribution in [0.4, 0.5) is 0 Å². The number of ether oxygens (including phenoxy) is 2. The number of rotatable bonds is 42. The Kier molecular flexibility index (Phi) is 39.5. The molecule has 0 bridgehead atoms. The Morgan fingerprint density at radius 1 is 0.574 bits per heavy atom. The molecule has 9 nitrogen and oxygen atoms in total. The summed E-state index contributed by atoms with van der Waals surface area (Å²) >= 11 is 0. The summed E-state index contributed by atoms with van der Waals surface area (Å²) < 4.78 is 11.3. The zero-order valence-electron chi connectivity index (χ0n) is 39.2. The van der Waals surface area contributed by atoms with Gasteiger partial charge in [-0.1, -0.05) is 210 Å². The molecular formula is C52H95NO8. The molecule has 1 fully saturated rings. The average molecular weight is 862 g/mol. The summed E-state index contributed by atoms with van der Waals surface area (Å²) in [7, 11) is 0. The molecule has 6 N–H and O–H groups in total. The first-order chi connectivity index (χ1) is 29.8. The summed E-state index contributed by atoms with van der Waals surface area (Å²) in [5.74, 6) is -0.148. The van der Waals surface area contributed by atoms with Crippen molar-refractivity contribution in [3.8, 4) is 0 Å². The molecule has 0 radical (unpaired) electrons. The van der Waals surface area contributed by atoms with Crippen LogP contribution < -0.4 is 5.32 Å². The third-order valence-electron chi connectivity index (χ3n) is 11.9. The van der Waals surface area contributed by atoms with Gasteiger partial charge in [-0.15, -0.1) is 0 Å². The largest absolute Gasteiger partial charge is 0.394 e. The molecule has 0 aromatic rings. The summed E-state index contributed by atoms with van der Waals surface area (Å²) in [6.07, 6.45) is 46.9. The fourth-order valence-corrected chi connectivity index (χ4v) is 7.92. The maximum atomic E-state index is 13.0. The highest BCUT2D eigenvalue weighted by Gasteiger charge is 2.44. The van der Waals surface area contributed by atoms with E-state index in [1.54, 1.807) is 0 Å². The van der Waals surface area contributed by atoms with Gasteiger partial charge in [-0.25, -0.2) is 0 Å². The van der Waals surface area contributed by atoms with Crippen molar-refractivity contribution in [1.82, 2.24) is 5.32 Å². The second-order valence-electron chi connectivity index (χ2n) is 17.6. The summed E-state index contributed by atoms with van der Waals surface area (Å²) in [4.78, 5) is 13.0. The predicted molar refractivity (Wildman–Crippen MR) is 253 cm³/mol. The van der Waals surface area contributed by atoms with Crippen LogP contribution in [0, 0.1) is 0 Å². The fourth-order valence-electron chi connectivity index (χ4n) is 7.92. The second kappa shape index (κ2) is 42.1. The van der Waals surface area contributed by atoms with E-state index < -0.39 is 49.5 Å². The average Bonchev–Trinajstić information content (AvgIpc) is 3.26. The number of aliphatic hydroxyl groups is 5. The molecule has 1 heterocycles.